The largest absolute Gasteiger partial charge is 0.405 e. The fourth-order valence-corrected chi connectivity index (χ4v) is 1.94. The van der Waals surface area contributed by atoms with Crippen molar-refractivity contribution >= 4 is 34.0 Å². The smallest absolute Gasteiger partial charge is 0.397 e. The molecule has 3 N–H and O–H groups in total. The predicted molar refractivity (Wildman–Crippen MR) is 68.9 cm³/mol. The van der Waals surface area contributed by atoms with Crippen LogP contribution in [0.1, 0.15) is 0 Å². The normalized spacial score (nSPS) is 11.7. The van der Waals surface area contributed by atoms with Crippen molar-refractivity contribution in [3.63, 3.8) is 0 Å². The summed E-state index contributed by atoms with van der Waals surface area (Å²) < 4.78 is 50.7. The topological polar surface area (TPSA) is 49.5 Å². The standard InChI is InChI=1S/C10H11F4IN2O/c11-6-3-9(8(16)4-7(6)15)17(1-2-18)5-10(12,13)14/h3-4,18H,1-2,5,16H2. The number of aliphatic hydroxyl groups is 1. The molecule has 0 spiro atoms. The minimum absolute atomic E-state index is 0.0403. The number of alkyl halides is 3. The Morgan fingerprint density at radius 2 is 1.94 bits per heavy atom. The molecule has 18 heavy (non-hydrogen) atoms. The Morgan fingerprint density at radius 3 is 2.44 bits per heavy atom. The Bertz CT molecular complexity index is 425. The van der Waals surface area contributed by atoms with E-state index in [0.29, 0.717) is 0 Å². The molecule has 102 valence electrons. The fraction of sp³-hybridized carbons (Fsp3) is 0.400. The molecule has 0 bridgehead atoms. The lowest BCUT2D eigenvalue weighted by molar-refractivity contribution is -0.119. The average molecular weight is 378 g/mol. The van der Waals surface area contributed by atoms with E-state index < -0.39 is 25.1 Å². The van der Waals surface area contributed by atoms with Crippen LogP contribution in [0.2, 0.25) is 0 Å². The molecular weight excluding hydrogens is 367 g/mol. The Balaban J connectivity index is 3.09. The van der Waals surface area contributed by atoms with Crippen LogP contribution in [0.5, 0.6) is 0 Å². The summed E-state index contributed by atoms with van der Waals surface area (Å²) in [6.45, 7) is -2.05. The summed E-state index contributed by atoms with van der Waals surface area (Å²) in [6, 6.07) is 2.20. The maximum Gasteiger partial charge on any atom is 0.405 e. The van der Waals surface area contributed by atoms with E-state index in [-0.39, 0.29) is 21.5 Å². The molecule has 1 aromatic carbocycles. The molecular formula is C10H11F4IN2O. The van der Waals surface area contributed by atoms with Crippen LogP contribution in [-0.2, 0) is 0 Å². The van der Waals surface area contributed by atoms with Gasteiger partial charge in [0, 0.05) is 12.6 Å². The lowest BCUT2D eigenvalue weighted by atomic mass is 10.2. The molecule has 8 heteroatoms. The molecule has 0 amide bonds. The molecule has 0 unspecified atom stereocenters. The van der Waals surface area contributed by atoms with Crippen LogP contribution in [-0.4, -0.2) is 31.0 Å². The van der Waals surface area contributed by atoms with Gasteiger partial charge in [-0.15, -0.1) is 0 Å². The Labute approximate surface area is 115 Å². The number of anilines is 2. The van der Waals surface area contributed by atoms with Crippen molar-refractivity contribution in [3.05, 3.63) is 21.5 Å². The van der Waals surface area contributed by atoms with Crippen molar-refractivity contribution < 1.29 is 22.7 Å². The summed E-state index contributed by atoms with van der Waals surface area (Å²) in [7, 11) is 0. The highest BCUT2D eigenvalue weighted by Crippen LogP contribution is 2.29. The van der Waals surface area contributed by atoms with Gasteiger partial charge in [0.15, 0.2) is 0 Å². The number of aliphatic hydroxyl groups excluding tert-OH is 1. The Hall–Kier alpha value is -0.770. The minimum Gasteiger partial charge on any atom is -0.397 e. The number of hydrogen-bond donors (Lipinski definition) is 2. The summed E-state index contributed by atoms with van der Waals surface area (Å²) in [5, 5.41) is 8.76. The second-order valence-electron chi connectivity index (χ2n) is 3.59. The molecule has 0 aliphatic carbocycles. The lowest BCUT2D eigenvalue weighted by Gasteiger charge is -2.26. The number of hydrogen-bond acceptors (Lipinski definition) is 3. The van der Waals surface area contributed by atoms with Crippen molar-refractivity contribution in [3.8, 4) is 0 Å². The van der Waals surface area contributed by atoms with E-state index in [0.717, 1.165) is 11.0 Å². The zero-order valence-corrected chi connectivity index (χ0v) is 11.3. The first-order valence-corrected chi connectivity index (χ1v) is 5.99. The van der Waals surface area contributed by atoms with Crippen molar-refractivity contribution in [2.24, 2.45) is 0 Å². The third-order valence-corrected chi connectivity index (χ3v) is 2.98. The maximum absolute atomic E-state index is 13.4. The Kier molecular flexibility index (Phi) is 5.02. The fourth-order valence-electron chi connectivity index (χ4n) is 1.45. The summed E-state index contributed by atoms with van der Waals surface area (Å²) in [5.74, 6) is -0.648. The van der Waals surface area contributed by atoms with Crippen LogP contribution in [0.15, 0.2) is 12.1 Å². The van der Waals surface area contributed by atoms with Gasteiger partial charge in [-0.2, -0.15) is 13.2 Å². The van der Waals surface area contributed by atoms with Gasteiger partial charge in [0.25, 0.3) is 0 Å². The quantitative estimate of drug-likeness (QED) is 0.481. The van der Waals surface area contributed by atoms with Gasteiger partial charge < -0.3 is 15.7 Å². The first-order valence-electron chi connectivity index (χ1n) is 4.91. The van der Waals surface area contributed by atoms with E-state index in [4.69, 9.17) is 10.8 Å². The van der Waals surface area contributed by atoms with Crippen LogP contribution < -0.4 is 10.6 Å². The van der Waals surface area contributed by atoms with Gasteiger partial charge in [-0.25, -0.2) is 4.39 Å². The molecule has 0 aliphatic heterocycles. The highest BCUT2D eigenvalue weighted by Gasteiger charge is 2.31. The van der Waals surface area contributed by atoms with Crippen LogP contribution in [0.4, 0.5) is 28.9 Å². The van der Waals surface area contributed by atoms with Gasteiger partial charge in [0.2, 0.25) is 0 Å². The number of rotatable bonds is 4. The monoisotopic (exact) mass is 378 g/mol. The van der Waals surface area contributed by atoms with Gasteiger partial charge >= 0.3 is 6.18 Å². The van der Waals surface area contributed by atoms with Crippen molar-refractivity contribution in [2.45, 2.75) is 6.18 Å². The van der Waals surface area contributed by atoms with Gasteiger partial charge in [-0.3, -0.25) is 0 Å². The first kappa shape index (κ1) is 15.3. The van der Waals surface area contributed by atoms with Crippen LogP contribution in [0, 0.1) is 9.39 Å². The van der Waals surface area contributed by atoms with E-state index >= 15 is 0 Å². The molecule has 0 aromatic heterocycles. The molecule has 0 atom stereocenters. The Morgan fingerprint density at radius 1 is 1.33 bits per heavy atom. The molecule has 1 rings (SSSR count). The third-order valence-electron chi connectivity index (χ3n) is 2.15. The minimum atomic E-state index is -4.46. The molecule has 0 fully saturated rings. The van der Waals surface area contributed by atoms with Crippen molar-refractivity contribution in [2.75, 3.05) is 30.3 Å². The molecule has 3 nitrogen and oxygen atoms in total. The van der Waals surface area contributed by atoms with Crippen molar-refractivity contribution in [1.29, 1.82) is 0 Å². The van der Waals surface area contributed by atoms with Gasteiger partial charge in [0.1, 0.15) is 12.4 Å². The number of nitrogen functional groups attached to an aromatic ring is 1. The van der Waals surface area contributed by atoms with Gasteiger partial charge in [-0.05, 0) is 28.7 Å². The molecule has 0 radical (unpaired) electrons. The summed E-state index contributed by atoms with van der Waals surface area (Å²) >= 11 is 1.69. The van der Waals surface area contributed by atoms with Gasteiger partial charge in [0.05, 0.1) is 21.6 Å². The highest BCUT2D eigenvalue weighted by molar-refractivity contribution is 14.1. The first-order chi connectivity index (χ1) is 8.24. The number of halogens is 5. The zero-order valence-electron chi connectivity index (χ0n) is 9.14. The second kappa shape index (κ2) is 5.91. The van der Waals surface area contributed by atoms with Crippen LogP contribution in [0.3, 0.4) is 0 Å². The summed E-state index contributed by atoms with van der Waals surface area (Å²) in [5.41, 5.74) is 5.55. The van der Waals surface area contributed by atoms with Crippen LogP contribution >= 0.6 is 22.6 Å². The maximum atomic E-state index is 13.4. The average Bonchev–Trinajstić information content (AvgIpc) is 2.21. The summed E-state index contributed by atoms with van der Waals surface area (Å²) in [4.78, 5) is 0.800. The molecule has 0 heterocycles. The second-order valence-corrected chi connectivity index (χ2v) is 4.75. The summed E-state index contributed by atoms with van der Waals surface area (Å²) in [6.07, 6.45) is -4.46. The van der Waals surface area contributed by atoms with Crippen LogP contribution in [0.25, 0.3) is 0 Å². The third kappa shape index (κ3) is 4.16. The molecule has 1 aromatic rings. The lowest BCUT2D eigenvalue weighted by Crippen LogP contribution is -2.36. The van der Waals surface area contributed by atoms with E-state index in [1.54, 1.807) is 22.6 Å². The molecule has 0 aliphatic rings. The van der Waals surface area contributed by atoms with E-state index in [1.807, 2.05) is 0 Å². The SMILES string of the molecule is Nc1cc(I)c(F)cc1N(CCO)CC(F)(F)F. The number of nitrogens with zero attached hydrogens (tertiary/aromatic N) is 1. The van der Waals surface area contributed by atoms with E-state index in [9.17, 15) is 17.6 Å². The number of nitrogens with two attached hydrogens (primary N) is 1. The highest BCUT2D eigenvalue weighted by atomic mass is 127. The predicted octanol–water partition coefficient (Wildman–Crippen LogP) is 2.37. The molecule has 0 saturated heterocycles. The number of benzene rings is 1. The van der Waals surface area contributed by atoms with Crippen molar-refractivity contribution in [1.82, 2.24) is 0 Å². The van der Waals surface area contributed by atoms with Gasteiger partial charge in [-0.1, -0.05) is 0 Å². The van der Waals surface area contributed by atoms with E-state index in [1.165, 1.54) is 6.07 Å². The zero-order chi connectivity index (χ0) is 13.9. The molecule has 0 saturated carbocycles. The van der Waals surface area contributed by atoms with E-state index in [2.05, 4.69) is 0 Å².